The lowest BCUT2D eigenvalue weighted by atomic mass is 10.3. The molecule has 3 aromatic rings. The number of rotatable bonds is 5. The van der Waals surface area contributed by atoms with Crippen molar-refractivity contribution < 1.29 is 13.6 Å². The fraction of sp³-hybridized carbons (Fsp3) is 0.0556. The van der Waals surface area contributed by atoms with Crippen LogP contribution in [0.5, 0.6) is 0 Å². The van der Waals surface area contributed by atoms with Crippen LogP contribution in [-0.4, -0.2) is 5.71 Å². The van der Waals surface area contributed by atoms with Gasteiger partial charge in [0.1, 0.15) is 5.71 Å². The molecular weight excluding hydrogens is 309 g/mol. The smallest absolute Gasteiger partial charge is 0.330 e. The first-order chi connectivity index (χ1) is 11.2. The van der Waals surface area contributed by atoms with Crippen molar-refractivity contribution in [1.29, 1.82) is 0 Å². The first-order valence-electron chi connectivity index (χ1n) is 7.19. The van der Waals surface area contributed by atoms with Crippen LogP contribution in [0.15, 0.2) is 88.6 Å². The van der Waals surface area contributed by atoms with Gasteiger partial charge in [0.2, 0.25) is 0 Å². The Morgan fingerprint density at radius 2 is 1.48 bits per heavy atom. The minimum absolute atomic E-state index is 0.530. The molecule has 0 radical (unpaired) electrons. The van der Waals surface area contributed by atoms with E-state index in [0.717, 1.165) is 0 Å². The van der Waals surface area contributed by atoms with Crippen molar-refractivity contribution in [2.24, 2.45) is 5.16 Å². The first-order valence-corrected chi connectivity index (χ1v) is 8.81. The van der Waals surface area contributed by atoms with E-state index in [1.54, 1.807) is 49.6 Å². The van der Waals surface area contributed by atoms with Gasteiger partial charge in [-0.25, -0.2) is 0 Å². The van der Waals surface area contributed by atoms with Crippen molar-refractivity contribution in [2.45, 2.75) is 6.92 Å². The van der Waals surface area contributed by atoms with Gasteiger partial charge in [0.05, 0.1) is 16.9 Å². The second-order valence-electron chi connectivity index (χ2n) is 4.96. The Labute approximate surface area is 134 Å². The molecule has 0 aliphatic carbocycles. The SMILES string of the molecule is C/C(=N\OP(=O)(c1ccccc1)c1ccccc1)c1ccco1. The maximum Gasteiger partial charge on any atom is 0.330 e. The molecule has 5 heteroatoms. The van der Waals surface area contributed by atoms with Crippen LogP contribution >= 0.6 is 7.37 Å². The third-order valence-corrected chi connectivity index (χ3v) is 5.63. The normalized spacial score (nSPS) is 12.1. The van der Waals surface area contributed by atoms with Gasteiger partial charge in [-0.05, 0) is 43.3 Å². The van der Waals surface area contributed by atoms with Crippen LogP contribution in [0.25, 0.3) is 0 Å². The zero-order valence-electron chi connectivity index (χ0n) is 12.6. The molecular formula is C18H16NO3P. The highest BCUT2D eigenvalue weighted by molar-refractivity contribution is 7.74. The van der Waals surface area contributed by atoms with Crippen LogP contribution in [0.3, 0.4) is 0 Å². The largest absolute Gasteiger partial charge is 0.463 e. The summed E-state index contributed by atoms with van der Waals surface area (Å²) in [5, 5.41) is 5.25. The lowest BCUT2D eigenvalue weighted by molar-refractivity contribution is 0.347. The average molecular weight is 325 g/mol. The van der Waals surface area contributed by atoms with E-state index in [-0.39, 0.29) is 0 Å². The van der Waals surface area contributed by atoms with Crippen LogP contribution in [-0.2, 0) is 9.19 Å². The summed E-state index contributed by atoms with van der Waals surface area (Å²) in [5.41, 5.74) is 0.530. The van der Waals surface area contributed by atoms with E-state index in [9.17, 15) is 4.57 Å². The highest BCUT2D eigenvalue weighted by atomic mass is 31.2. The van der Waals surface area contributed by atoms with Crippen molar-refractivity contribution in [1.82, 2.24) is 0 Å². The van der Waals surface area contributed by atoms with E-state index in [2.05, 4.69) is 5.16 Å². The molecule has 0 saturated carbocycles. The van der Waals surface area contributed by atoms with Crippen LogP contribution < -0.4 is 10.6 Å². The third-order valence-electron chi connectivity index (χ3n) is 3.36. The molecule has 0 atom stereocenters. The summed E-state index contributed by atoms with van der Waals surface area (Å²) in [6.45, 7) is 1.75. The van der Waals surface area contributed by atoms with Crippen LogP contribution in [0.1, 0.15) is 12.7 Å². The summed E-state index contributed by atoms with van der Waals surface area (Å²) >= 11 is 0. The standard InChI is InChI=1S/C18H16NO3P/c1-15(18-13-8-14-21-18)19-22-23(20,16-9-4-2-5-10-16)17-11-6-3-7-12-17/h2-14H,1H3/b19-15+. The topological polar surface area (TPSA) is 51.8 Å². The van der Waals surface area contributed by atoms with Crippen LogP contribution in [0, 0.1) is 0 Å². The van der Waals surface area contributed by atoms with Crippen molar-refractivity contribution >= 4 is 23.7 Å². The van der Waals surface area contributed by atoms with E-state index in [1.807, 2.05) is 36.4 Å². The molecule has 23 heavy (non-hydrogen) atoms. The van der Waals surface area contributed by atoms with Crippen LogP contribution in [0.2, 0.25) is 0 Å². The lowest BCUT2D eigenvalue weighted by Gasteiger charge is -2.16. The van der Waals surface area contributed by atoms with Crippen molar-refractivity contribution in [3.8, 4) is 0 Å². The van der Waals surface area contributed by atoms with E-state index in [4.69, 9.17) is 9.04 Å². The van der Waals surface area contributed by atoms with Gasteiger partial charge in [0, 0.05) is 0 Å². The van der Waals surface area contributed by atoms with Gasteiger partial charge in [-0.3, -0.25) is 4.57 Å². The second-order valence-corrected chi connectivity index (χ2v) is 7.26. The molecule has 0 aliphatic heterocycles. The molecule has 0 amide bonds. The number of hydrogen-bond donors (Lipinski definition) is 0. The molecule has 0 fully saturated rings. The Balaban J connectivity index is 2.00. The predicted octanol–water partition coefficient (Wildman–Crippen LogP) is 3.95. The third kappa shape index (κ3) is 3.27. The zero-order valence-corrected chi connectivity index (χ0v) is 13.5. The zero-order chi connectivity index (χ0) is 16.1. The molecule has 0 N–H and O–H groups in total. The van der Waals surface area contributed by atoms with E-state index in [1.165, 1.54) is 0 Å². The van der Waals surface area contributed by atoms with Crippen molar-refractivity contribution in [3.63, 3.8) is 0 Å². The highest BCUT2D eigenvalue weighted by Gasteiger charge is 2.30. The fourth-order valence-electron chi connectivity index (χ4n) is 2.14. The Hall–Kier alpha value is -2.58. The molecule has 116 valence electrons. The minimum atomic E-state index is -3.31. The van der Waals surface area contributed by atoms with E-state index >= 15 is 0 Å². The Morgan fingerprint density at radius 3 is 1.96 bits per heavy atom. The molecule has 0 saturated heterocycles. The van der Waals surface area contributed by atoms with E-state index < -0.39 is 7.37 Å². The molecule has 0 bridgehead atoms. The molecule has 0 aliphatic rings. The van der Waals surface area contributed by atoms with Gasteiger partial charge in [-0.2, -0.15) is 0 Å². The Bertz CT molecular complexity index is 784. The van der Waals surface area contributed by atoms with Gasteiger partial charge < -0.3 is 9.04 Å². The van der Waals surface area contributed by atoms with Crippen LogP contribution in [0.4, 0.5) is 0 Å². The number of hydrogen-bond acceptors (Lipinski definition) is 4. The quantitative estimate of drug-likeness (QED) is 0.405. The fourth-order valence-corrected chi connectivity index (χ4v) is 3.99. The first kappa shape index (κ1) is 15.3. The van der Waals surface area contributed by atoms with Gasteiger partial charge >= 0.3 is 7.37 Å². The summed E-state index contributed by atoms with van der Waals surface area (Å²) in [6, 6.07) is 21.7. The molecule has 2 aromatic carbocycles. The number of benzene rings is 2. The predicted molar refractivity (Wildman–Crippen MR) is 91.8 cm³/mol. The average Bonchev–Trinajstić information content (AvgIpc) is 3.16. The van der Waals surface area contributed by atoms with E-state index in [0.29, 0.717) is 22.1 Å². The lowest BCUT2D eigenvalue weighted by Crippen LogP contribution is -2.17. The molecule has 1 heterocycles. The molecule has 1 aromatic heterocycles. The summed E-state index contributed by atoms with van der Waals surface area (Å²) in [4.78, 5) is 0. The second kappa shape index (κ2) is 6.67. The van der Waals surface area contributed by atoms with Crippen molar-refractivity contribution in [2.75, 3.05) is 0 Å². The summed E-state index contributed by atoms with van der Waals surface area (Å²) < 4.78 is 24.4. The summed E-state index contributed by atoms with van der Waals surface area (Å²) in [6.07, 6.45) is 1.56. The molecule has 4 nitrogen and oxygen atoms in total. The maximum atomic E-state index is 13.5. The highest BCUT2D eigenvalue weighted by Crippen LogP contribution is 2.44. The molecule has 0 unspecified atom stereocenters. The van der Waals surface area contributed by atoms with Crippen molar-refractivity contribution in [3.05, 3.63) is 84.8 Å². The van der Waals surface area contributed by atoms with Gasteiger partial charge in [-0.15, -0.1) is 0 Å². The molecule has 3 rings (SSSR count). The Morgan fingerprint density at radius 1 is 0.913 bits per heavy atom. The monoisotopic (exact) mass is 325 g/mol. The molecule has 0 spiro atoms. The maximum absolute atomic E-state index is 13.5. The summed E-state index contributed by atoms with van der Waals surface area (Å²) in [5.74, 6) is 0.581. The number of furan rings is 1. The van der Waals surface area contributed by atoms with Gasteiger partial charge in [-0.1, -0.05) is 41.6 Å². The van der Waals surface area contributed by atoms with Gasteiger partial charge in [0.15, 0.2) is 5.76 Å². The summed E-state index contributed by atoms with van der Waals surface area (Å²) in [7, 11) is -3.31. The number of nitrogens with zero attached hydrogens (tertiary/aromatic N) is 1. The minimum Gasteiger partial charge on any atom is -0.463 e. The van der Waals surface area contributed by atoms with Gasteiger partial charge in [0.25, 0.3) is 0 Å². The number of oxime groups is 1. The Kier molecular flexibility index (Phi) is 4.45.